The third-order valence-corrected chi connectivity index (χ3v) is 0.697. The van der Waals surface area contributed by atoms with Crippen LogP contribution in [0.4, 0.5) is 0 Å². The van der Waals surface area contributed by atoms with E-state index < -0.39 is 0 Å². The van der Waals surface area contributed by atoms with Crippen molar-refractivity contribution >= 4 is 11.9 Å². The van der Waals surface area contributed by atoms with Crippen molar-refractivity contribution in [3.63, 3.8) is 0 Å². The van der Waals surface area contributed by atoms with Gasteiger partial charge < -0.3 is 0 Å². The van der Waals surface area contributed by atoms with Crippen LogP contribution in [0.2, 0.25) is 0 Å². The van der Waals surface area contributed by atoms with Crippen LogP contribution in [0.1, 0.15) is 33.6 Å². The van der Waals surface area contributed by atoms with Crippen molar-refractivity contribution in [2.24, 2.45) is 10.2 Å². The lowest BCUT2D eigenvalue weighted by Crippen LogP contribution is -1.81. The average Bonchev–Trinajstić information content (AvgIpc) is 2.20. The topological polar surface area (TPSA) is 24.7 Å². The molecule has 0 aromatic carbocycles. The fraction of sp³-hybridized carbons (Fsp3) is 0.714. The van der Waals surface area contributed by atoms with Gasteiger partial charge in [-0.1, -0.05) is 20.3 Å². The van der Waals surface area contributed by atoms with Crippen molar-refractivity contribution < 1.29 is 0 Å². The van der Waals surface area contributed by atoms with Gasteiger partial charge in [-0.2, -0.15) is 10.2 Å². The molecule has 1 rings (SSSR count). The quantitative estimate of drug-likeness (QED) is 0.475. The van der Waals surface area contributed by atoms with Gasteiger partial charge in [-0.05, 0) is 6.92 Å². The largest absolute Gasteiger partial charge is 0.163 e. The van der Waals surface area contributed by atoms with Gasteiger partial charge in [0.15, 0.2) is 0 Å². The summed E-state index contributed by atoms with van der Waals surface area (Å²) in [6.07, 6.45) is 4.00. The molecule has 0 atom stereocenters. The van der Waals surface area contributed by atoms with Crippen molar-refractivity contribution in [1.82, 2.24) is 0 Å². The highest BCUT2D eigenvalue weighted by molar-refractivity contribution is 5.96. The lowest BCUT2D eigenvalue weighted by atomic mass is 10.3. The maximum atomic E-state index is 3.72. The minimum atomic E-state index is 0.944. The lowest BCUT2D eigenvalue weighted by Gasteiger charge is -1.73. The first-order chi connectivity index (χ1) is 4.31. The highest BCUT2D eigenvalue weighted by Gasteiger charge is 1.90. The molecule has 2 nitrogen and oxygen atoms in total. The summed E-state index contributed by atoms with van der Waals surface area (Å²) in [5.74, 6) is 0. The van der Waals surface area contributed by atoms with Gasteiger partial charge >= 0.3 is 0 Å². The molecule has 0 saturated heterocycles. The van der Waals surface area contributed by atoms with Crippen LogP contribution in [0.5, 0.6) is 0 Å². The van der Waals surface area contributed by atoms with Crippen LogP contribution < -0.4 is 0 Å². The summed E-state index contributed by atoms with van der Waals surface area (Å²) in [4.78, 5) is 0. The first-order valence-electron chi connectivity index (χ1n) is 3.36. The fourth-order valence-electron chi connectivity index (χ4n) is 0.353. The van der Waals surface area contributed by atoms with Crippen molar-refractivity contribution in [2.45, 2.75) is 33.6 Å². The highest BCUT2D eigenvalue weighted by atomic mass is 15.2. The van der Waals surface area contributed by atoms with Gasteiger partial charge in [-0.25, -0.2) is 0 Å². The summed E-state index contributed by atoms with van der Waals surface area (Å²) in [6, 6.07) is 0. The molecule has 1 aliphatic heterocycles. The van der Waals surface area contributed by atoms with Gasteiger partial charge in [0.05, 0.1) is 0 Å². The first-order valence-corrected chi connectivity index (χ1v) is 3.36. The number of hydrogen-bond donors (Lipinski definition) is 0. The summed E-state index contributed by atoms with van der Waals surface area (Å²) in [5.41, 5.74) is 1.11. The van der Waals surface area contributed by atoms with E-state index >= 15 is 0 Å². The second-order valence-electron chi connectivity index (χ2n) is 2.04. The molecule has 1 heterocycles. The zero-order chi connectivity index (χ0) is 7.11. The molecule has 1 aliphatic rings. The summed E-state index contributed by atoms with van der Waals surface area (Å²) in [7, 11) is 0. The van der Waals surface area contributed by atoms with Crippen molar-refractivity contribution in [3.8, 4) is 0 Å². The Morgan fingerprint density at radius 3 is 2.22 bits per heavy atom. The predicted molar refractivity (Wildman–Crippen MR) is 42.2 cm³/mol. The van der Waals surface area contributed by atoms with Crippen LogP contribution in [0.3, 0.4) is 0 Å². The van der Waals surface area contributed by atoms with E-state index in [0.717, 1.165) is 12.1 Å². The SMILES string of the molecule is CC1=NN=CC1.CCC. The van der Waals surface area contributed by atoms with E-state index in [9.17, 15) is 0 Å². The van der Waals surface area contributed by atoms with Gasteiger partial charge in [0.1, 0.15) is 0 Å². The van der Waals surface area contributed by atoms with E-state index in [1.165, 1.54) is 6.42 Å². The minimum Gasteiger partial charge on any atom is -0.163 e. The number of nitrogens with zero attached hydrogens (tertiary/aromatic N) is 2. The monoisotopic (exact) mass is 126 g/mol. The van der Waals surface area contributed by atoms with Gasteiger partial charge in [-0.3, -0.25) is 0 Å². The standard InChI is InChI=1S/C4H6N2.C3H8/c1-4-2-3-5-6-4;1-3-2/h3H,2H2,1H3;3H2,1-2H3. The zero-order valence-corrected chi connectivity index (χ0v) is 6.39. The van der Waals surface area contributed by atoms with Gasteiger partial charge in [0, 0.05) is 18.3 Å². The molecule has 2 heteroatoms. The third-order valence-electron chi connectivity index (χ3n) is 0.697. The van der Waals surface area contributed by atoms with Crippen LogP contribution in [0.25, 0.3) is 0 Å². The molecule has 0 unspecified atom stereocenters. The van der Waals surface area contributed by atoms with Crippen LogP contribution in [0.15, 0.2) is 10.2 Å². The maximum Gasteiger partial charge on any atom is 0.0428 e. The Balaban J connectivity index is 0.000000187. The fourth-order valence-corrected chi connectivity index (χ4v) is 0.353. The minimum absolute atomic E-state index is 0.944. The summed E-state index contributed by atoms with van der Waals surface area (Å²) >= 11 is 0. The Kier molecular flexibility index (Phi) is 5.07. The van der Waals surface area contributed by atoms with E-state index in [0.29, 0.717) is 0 Å². The van der Waals surface area contributed by atoms with E-state index in [1.807, 2.05) is 6.92 Å². The molecular formula is C7H14N2. The van der Waals surface area contributed by atoms with E-state index in [1.54, 1.807) is 6.21 Å². The smallest absolute Gasteiger partial charge is 0.0428 e. The van der Waals surface area contributed by atoms with E-state index in [2.05, 4.69) is 24.1 Å². The van der Waals surface area contributed by atoms with Crippen molar-refractivity contribution in [3.05, 3.63) is 0 Å². The summed E-state index contributed by atoms with van der Waals surface area (Å²) < 4.78 is 0. The van der Waals surface area contributed by atoms with Crippen LogP contribution in [0, 0.1) is 0 Å². The molecule has 0 amide bonds. The summed E-state index contributed by atoms with van der Waals surface area (Å²) in [5, 5.41) is 7.35. The van der Waals surface area contributed by atoms with Crippen LogP contribution in [-0.2, 0) is 0 Å². The number of rotatable bonds is 0. The Labute approximate surface area is 56.7 Å². The maximum absolute atomic E-state index is 3.72. The van der Waals surface area contributed by atoms with Gasteiger partial charge in [-0.15, -0.1) is 0 Å². The second-order valence-corrected chi connectivity index (χ2v) is 2.04. The van der Waals surface area contributed by atoms with Gasteiger partial charge in [0.25, 0.3) is 0 Å². The molecule has 0 bridgehead atoms. The van der Waals surface area contributed by atoms with Crippen LogP contribution >= 0.6 is 0 Å². The molecule has 0 N–H and O–H groups in total. The van der Waals surface area contributed by atoms with Crippen LogP contribution in [-0.4, -0.2) is 11.9 Å². The van der Waals surface area contributed by atoms with E-state index in [-0.39, 0.29) is 0 Å². The van der Waals surface area contributed by atoms with Crippen molar-refractivity contribution in [1.29, 1.82) is 0 Å². The Morgan fingerprint density at radius 2 is 2.11 bits per heavy atom. The molecule has 0 aliphatic carbocycles. The number of hydrogen-bond acceptors (Lipinski definition) is 2. The Morgan fingerprint density at radius 1 is 1.56 bits per heavy atom. The molecule has 9 heavy (non-hydrogen) atoms. The molecule has 0 aromatic rings. The molecular weight excluding hydrogens is 112 g/mol. The first kappa shape index (κ1) is 8.34. The van der Waals surface area contributed by atoms with Gasteiger partial charge in [0.2, 0.25) is 0 Å². The van der Waals surface area contributed by atoms with Crippen molar-refractivity contribution in [2.75, 3.05) is 0 Å². The normalized spacial score (nSPS) is 14.3. The molecule has 0 spiro atoms. The Hall–Kier alpha value is -0.660. The Bertz CT molecular complexity index is 114. The average molecular weight is 126 g/mol. The molecule has 52 valence electrons. The summed E-state index contributed by atoms with van der Waals surface area (Å²) in [6.45, 7) is 6.22. The van der Waals surface area contributed by atoms with E-state index in [4.69, 9.17) is 0 Å². The molecule has 0 radical (unpaired) electrons. The molecule has 0 aromatic heterocycles. The molecule has 0 fully saturated rings. The second kappa shape index (κ2) is 5.48. The lowest BCUT2D eigenvalue weighted by molar-refractivity contribution is 1.09. The predicted octanol–water partition coefficient (Wildman–Crippen LogP) is 2.25. The highest BCUT2D eigenvalue weighted by Crippen LogP contribution is 1.90. The third kappa shape index (κ3) is 5.21. The zero-order valence-electron chi connectivity index (χ0n) is 6.39. The molecule has 0 saturated carbocycles.